The smallest absolute Gasteiger partial charge is 0.0990 e. The summed E-state index contributed by atoms with van der Waals surface area (Å²) in [6, 6.07) is 11.0. The van der Waals surface area contributed by atoms with E-state index in [0.717, 1.165) is 30.9 Å². The van der Waals surface area contributed by atoms with Gasteiger partial charge in [0.25, 0.3) is 0 Å². The molecule has 2 heteroatoms. The molecule has 0 heterocycles. The second-order valence-corrected chi connectivity index (χ2v) is 8.53. The van der Waals surface area contributed by atoms with Crippen LogP contribution in [0.3, 0.4) is 0 Å². The first kappa shape index (κ1) is 17.0. The third kappa shape index (κ3) is 2.64. The van der Waals surface area contributed by atoms with Crippen LogP contribution in [0.1, 0.15) is 45.6 Å². The predicted molar refractivity (Wildman–Crippen MR) is 96.4 cm³/mol. The van der Waals surface area contributed by atoms with Crippen molar-refractivity contribution in [2.45, 2.75) is 45.6 Å². The molecule has 2 saturated carbocycles. The normalized spacial score (nSPS) is 36.3. The van der Waals surface area contributed by atoms with Crippen molar-refractivity contribution >= 4 is 0 Å². The highest BCUT2D eigenvalue weighted by Crippen LogP contribution is 2.69. The molecule has 0 radical (unpaired) electrons. The van der Waals surface area contributed by atoms with E-state index in [0.29, 0.717) is 0 Å². The predicted octanol–water partition coefficient (Wildman–Crippen LogP) is 4.55. The highest BCUT2D eigenvalue weighted by molar-refractivity contribution is 5.31. The zero-order valence-electron chi connectivity index (χ0n) is 15.5. The van der Waals surface area contributed by atoms with Crippen molar-refractivity contribution in [2.75, 3.05) is 27.2 Å². The number of nitrogens with zero attached hydrogens (tertiary/aromatic N) is 1. The van der Waals surface area contributed by atoms with Gasteiger partial charge in [0.05, 0.1) is 12.2 Å². The van der Waals surface area contributed by atoms with Crippen LogP contribution in [0.25, 0.3) is 0 Å². The van der Waals surface area contributed by atoms with Gasteiger partial charge >= 0.3 is 0 Å². The lowest BCUT2D eigenvalue weighted by atomic mass is 9.65. The molecule has 4 atom stereocenters. The molecule has 0 aromatic heterocycles. The number of rotatable bonds is 6. The van der Waals surface area contributed by atoms with E-state index in [1.807, 2.05) is 0 Å². The minimum atomic E-state index is -0.0951. The molecule has 3 rings (SSSR count). The Morgan fingerprint density at radius 3 is 2.48 bits per heavy atom. The first-order valence-electron chi connectivity index (χ1n) is 9.25. The Labute approximate surface area is 142 Å². The van der Waals surface area contributed by atoms with Gasteiger partial charge < -0.3 is 9.64 Å². The topological polar surface area (TPSA) is 12.5 Å². The monoisotopic (exact) mass is 315 g/mol. The van der Waals surface area contributed by atoms with Gasteiger partial charge in [-0.3, -0.25) is 0 Å². The van der Waals surface area contributed by atoms with E-state index in [2.05, 4.69) is 70.1 Å². The lowest BCUT2D eigenvalue weighted by Crippen LogP contribution is -2.46. The Bertz CT molecular complexity index is 526. The van der Waals surface area contributed by atoms with Gasteiger partial charge in [0, 0.05) is 12.0 Å². The van der Waals surface area contributed by atoms with Crippen molar-refractivity contribution in [2.24, 2.45) is 23.2 Å². The second kappa shape index (κ2) is 6.22. The van der Waals surface area contributed by atoms with Crippen LogP contribution in [0.4, 0.5) is 0 Å². The number of ether oxygens (including phenoxy) is 1. The van der Waals surface area contributed by atoms with Crippen LogP contribution in [0.5, 0.6) is 0 Å². The lowest BCUT2D eigenvalue weighted by Gasteiger charge is -2.47. The molecule has 2 nitrogen and oxygen atoms in total. The maximum atomic E-state index is 6.76. The molecular weight excluding hydrogens is 282 g/mol. The van der Waals surface area contributed by atoms with Crippen LogP contribution in [0, 0.1) is 23.2 Å². The van der Waals surface area contributed by atoms with E-state index in [1.165, 1.54) is 24.8 Å². The molecule has 1 aromatic rings. The number of hydrogen-bond acceptors (Lipinski definition) is 2. The summed E-state index contributed by atoms with van der Waals surface area (Å²) in [5, 5.41) is 0. The Morgan fingerprint density at radius 1 is 1.22 bits per heavy atom. The van der Waals surface area contributed by atoms with Crippen LogP contribution in [0.15, 0.2) is 30.3 Å². The van der Waals surface area contributed by atoms with Crippen molar-refractivity contribution in [1.29, 1.82) is 0 Å². The molecule has 4 unspecified atom stereocenters. The Hall–Kier alpha value is -0.860. The molecule has 2 bridgehead atoms. The largest absolute Gasteiger partial charge is 0.368 e. The number of fused-ring (bicyclic) bond motifs is 2. The molecule has 0 aliphatic heterocycles. The highest BCUT2D eigenvalue weighted by atomic mass is 16.5. The van der Waals surface area contributed by atoms with Crippen LogP contribution in [0.2, 0.25) is 0 Å². The SMILES string of the molecule is CC(C)C1C2CCC1(C)C(OCCN(C)C)(c1ccccc1)C2. The van der Waals surface area contributed by atoms with Crippen LogP contribution >= 0.6 is 0 Å². The highest BCUT2D eigenvalue weighted by Gasteiger charge is 2.66. The summed E-state index contributed by atoms with van der Waals surface area (Å²) in [5.74, 6) is 2.33. The van der Waals surface area contributed by atoms with Gasteiger partial charge in [0.15, 0.2) is 0 Å². The van der Waals surface area contributed by atoms with Crippen molar-refractivity contribution in [3.8, 4) is 0 Å². The molecule has 0 spiro atoms. The van der Waals surface area contributed by atoms with E-state index >= 15 is 0 Å². The van der Waals surface area contributed by atoms with E-state index < -0.39 is 0 Å². The van der Waals surface area contributed by atoms with Crippen LogP contribution in [-0.4, -0.2) is 32.1 Å². The number of hydrogen-bond donors (Lipinski definition) is 0. The Morgan fingerprint density at radius 2 is 1.91 bits per heavy atom. The fourth-order valence-corrected chi connectivity index (χ4v) is 5.80. The minimum Gasteiger partial charge on any atom is -0.368 e. The molecule has 2 aliphatic carbocycles. The summed E-state index contributed by atoms with van der Waals surface area (Å²) in [6.45, 7) is 9.12. The van der Waals surface area contributed by atoms with Gasteiger partial charge in [-0.25, -0.2) is 0 Å². The zero-order valence-corrected chi connectivity index (χ0v) is 15.5. The molecule has 23 heavy (non-hydrogen) atoms. The molecule has 0 amide bonds. The molecular formula is C21H33NO. The van der Waals surface area contributed by atoms with Crippen molar-refractivity contribution in [3.63, 3.8) is 0 Å². The number of benzene rings is 1. The van der Waals surface area contributed by atoms with Gasteiger partial charge in [0.2, 0.25) is 0 Å². The van der Waals surface area contributed by atoms with Crippen LogP contribution < -0.4 is 0 Å². The summed E-state index contributed by atoms with van der Waals surface area (Å²) in [5.41, 5.74) is 1.57. The average Bonchev–Trinajstić information content (AvgIpc) is 2.96. The van der Waals surface area contributed by atoms with Gasteiger partial charge in [-0.1, -0.05) is 51.1 Å². The quantitative estimate of drug-likeness (QED) is 0.763. The lowest BCUT2D eigenvalue weighted by molar-refractivity contribution is -0.141. The Balaban J connectivity index is 1.97. The summed E-state index contributed by atoms with van der Waals surface area (Å²) in [6.07, 6.45) is 3.88. The van der Waals surface area contributed by atoms with E-state index in [1.54, 1.807) is 0 Å². The van der Waals surface area contributed by atoms with Gasteiger partial charge in [-0.2, -0.15) is 0 Å². The summed E-state index contributed by atoms with van der Waals surface area (Å²) in [7, 11) is 4.25. The third-order valence-corrected chi connectivity index (χ3v) is 6.60. The van der Waals surface area contributed by atoms with Crippen molar-refractivity contribution < 1.29 is 4.74 Å². The molecule has 2 fully saturated rings. The first-order chi connectivity index (χ1) is 10.9. The zero-order chi connectivity index (χ0) is 16.7. The maximum Gasteiger partial charge on any atom is 0.0990 e. The van der Waals surface area contributed by atoms with E-state index in [-0.39, 0.29) is 11.0 Å². The molecule has 1 aromatic carbocycles. The molecule has 0 saturated heterocycles. The van der Waals surface area contributed by atoms with E-state index in [4.69, 9.17) is 4.74 Å². The fourth-order valence-electron chi connectivity index (χ4n) is 5.80. The minimum absolute atomic E-state index is 0.0951. The van der Waals surface area contributed by atoms with Gasteiger partial charge in [0.1, 0.15) is 0 Å². The van der Waals surface area contributed by atoms with Crippen LogP contribution in [-0.2, 0) is 10.3 Å². The van der Waals surface area contributed by atoms with Crippen molar-refractivity contribution in [3.05, 3.63) is 35.9 Å². The second-order valence-electron chi connectivity index (χ2n) is 8.53. The first-order valence-corrected chi connectivity index (χ1v) is 9.25. The molecule has 0 N–H and O–H groups in total. The van der Waals surface area contributed by atoms with Crippen molar-refractivity contribution in [1.82, 2.24) is 4.90 Å². The third-order valence-electron chi connectivity index (χ3n) is 6.60. The summed E-state index contributed by atoms with van der Waals surface area (Å²) < 4.78 is 6.76. The average molecular weight is 316 g/mol. The summed E-state index contributed by atoms with van der Waals surface area (Å²) in [4.78, 5) is 2.22. The molecule has 128 valence electrons. The maximum absolute atomic E-state index is 6.76. The van der Waals surface area contributed by atoms with Gasteiger partial charge in [-0.15, -0.1) is 0 Å². The van der Waals surface area contributed by atoms with Gasteiger partial charge in [-0.05, 0) is 56.7 Å². The Kier molecular flexibility index (Phi) is 4.59. The number of likely N-dealkylation sites (N-methyl/N-ethyl adjacent to an activating group) is 1. The standard InChI is InChI=1S/C21H33NO/c1-16(2)19-17-11-12-20(19,3)21(15-17,23-14-13-22(4)5)18-9-7-6-8-10-18/h6-10,16-17,19H,11-15H2,1-5H3. The fraction of sp³-hybridized carbons (Fsp3) is 0.714. The van der Waals surface area contributed by atoms with E-state index in [9.17, 15) is 0 Å². The summed E-state index contributed by atoms with van der Waals surface area (Å²) >= 11 is 0. The molecule has 2 aliphatic rings.